The van der Waals surface area contributed by atoms with E-state index in [4.69, 9.17) is 10.5 Å². The average molecular weight is 233 g/mol. The molecule has 0 aromatic heterocycles. The van der Waals surface area contributed by atoms with Crippen molar-refractivity contribution in [3.63, 3.8) is 0 Å². The Morgan fingerprint density at radius 2 is 1.75 bits per heavy atom. The minimum Gasteiger partial charge on any atom is -0.496 e. The Bertz CT molecular complexity index is 380. The van der Waals surface area contributed by atoms with Gasteiger partial charge >= 0.3 is 6.18 Å². The van der Waals surface area contributed by atoms with Crippen LogP contribution >= 0.6 is 0 Å². The Morgan fingerprint density at radius 3 is 2.12 bits per heavy atom. The standard InChI is InChI=1S/C11H14F3NO/c1-10(2,15)8-6-7(11(12,13)14)4-5-9(8)16-3/h4-6H,15H2,1-3H3. The first-order valence-corrected chi connectivity index (χ1v) is 4.71. The van der Waals surface area contributed by atoms with Crippen molar-refractivity contribution >= 4 is 0 Å². The van der Waals surface area contributed by atoms with Gasteiger partial charge in [0, 0.05) is 11.1 Å². The van der Waals surface area contributed by atoms with E-state index in [2.05, 4.69) is 0 Å². The molecule has 5 heteroatoms. The smallest absolute Gasteiger partial charge is 0.416 e. The summed E-state index contributed by atoms with van der Waals surface area (Å²) >= 11 is 0. The first-order valence-electron chi connectivity index (χ1n) is 4.71. The minimum atomic E-state index is -4.37. The number of hydrogen-bond acceptors (Lipinski definition) is 2. The van der Waals surface area contributed by atoms with Crippen LogP contribution in [0.4, 0.5) is 13.2 Å². The molecule has 0 fully saturated rings. The van der Waals surface area contributed by atoms with Gasteiger partial charge in [-0.15, -0.1) is 0 Å². The fourth-order valence-electron chi connectivity index (χ4n) is 1.39. The van der Waals surface area contributed by atoms with Crippen LogP contribution in [-0.4, -0.2) is 7.11 Å². The van der Waals surface area contributed by atoms with Crippen LogP contribution in [0.3, 0.4) is 0 Å². The maximum Gasteiger partial charge on any atom is 0.416 e. The highest BCUT2D eigenvalue weighted by Gasteiger charge is 2.32. The van der Waals surface area contributed by atoms with Gasteiger partial charge in [0.15, 0.2) is 0 Å². The second-order valence-corrected chi connectivity index (χ2v) is 4.13. The molecule has 0 heterocycles. The molecular formula is C11H14F3NO. The number of alkyl halides is 3. The largest absolute Gasteiger partial charge is 0.496 e. The van der Waals surface area contributed by atoms with Gasteiger partial charge in [-0.25, -0.2) is 0 Å². The van der Waals surface area contributed by atoms with Crippen LogP contribution in [0.15, 0.2) is 18.2 Å². The van der Waals surface area contributed by atoms with Gasteiger partial charge in [-0.1, -0.05) is 0 Å². The molecule has 0 atom stereocenters. The summed E-state index contributed by atoms with van der Waals surface area (Å²) in [6.45, 7) is 3.26. The summed E-state index contributed by atoms with van der Waals surface area (Å²) in [6.07, 6.45) is -4.37. The van der Waals surface area contributed by atoms with E-state index in [-0.39, 0.29) is 0 Å². The quantitative estimate of drug-likeness (QED) is 0.852. The van der Waals surface area contributed by atoms with E-state index >= 15 is 0 Å². The lowest BCUT2D eigenvalue weighted by Crippen LogP contribution is -2.29. The van der Waals surface area contributed by atoms with E-state index in [1.807, 2.05) is 0 Å². The second-order valence-electron chi connectivity index (χ2n) is 4.13. The summed E-state index contributed by atoms with van der Waals surface area (Å²) in [5.74, 6) is 0.362. The zero-order chi connectivity index (χ0) is 12.6. The number of rotatable bonds is 2. The van der Waals surface area contributed by atoms with Gasteiger partial charge < -0.3 is 10.5 Å². The van der Waals surface area contributed by atoms with Crippen molar-refractivity contribution in [2.45, 2.75) is 25.6 Å². The van der Waals surface area contributed by atoms with Crippen molar-refractivity contribution in [2.24, 2.45) is 5.73 Å². The SMILES string of the molecule is COc1ccc(C(F)(F)F)cc1C(C)(C)N. The lowest BCUT2D eigenvalue weighted by molar-refractivity contribution is -0.137. The molecule has 0 amide bonds. The lowest BCUT2D eigenvalue weighted by Gasteiger charge is -2.23. The Labute approximate surface area is 92.2 Å². The van der Waals surface area contributed by atoms with Crippen LogP contribution in [0, 0.1) is 0 Å². The summed E-state index contributed by atoms with van der Waals surface area (Å²) in [6, 6.07) is 3.29. The molecular weight excluding hydrogens is 219 g/mol. The molecule has 0 saturated heterocycles. The molecule has 2 N–H and O–H groups in total. The number of halogens is 3. The van der Waals surface area contributed by atoms with Gasteiger partial charge in [-0.05, 0) is 32.0 Å². The molecule has 1 aromatic rings. The van der Waals surface area contributed by atoms with Crippen LogP contribution < -0.4 is 10.5 Å². The molecule has 90 valence electrons. The lowest BCUT2D eigenvalue weighted by atomic mass is 9.93. The van der Waals surface area contributed by atoms with Gasteiger partial charge in [0.05, 0.1) is 12.7 Å². The zero-order valence-electron chi connectivity index (χ0n) is 9.35. The molecule has 0 aliphatic heterocycles. The molecule has 0 saturated carbocycles. The summed E-state index contributed by atoms with van der Waals surface area (Å²) in [7, 11) is 1.40. The molecule has 0 unspecified atom stereocenters. The number of methoxy groups -OCH3 is 1. The van der Waals surface area contributed by atoms with Gasteiger partial charge in [0.2, 0.25) is 0 Å². The van der Waals surface area contributed by atoms with E-state index < -0.39 is 17.3 Å². The summed E-state index contributed by atoms with van der Waals surface area (Å²) in [4.78, 5) is 0. The normalized spacial score (nSPS) is 12.7. The van der Waals surface area contributed by atoms with Gasteiger partial charge in [-0.3, -0.25) is 0 Å². The molecule has 16 heavy (non-hydrogen) atoms. The second kappa shape index (κ2) is 3.97. The Hall–Kier alpha value is -1.23. The molecule has 1 aromatic carbocycles. The first kappa shape index (κ1) is 12.8. The molecule has 0 aliphatic carbocycles. The van der Waals surface area contributed by atoms with Crippen molar-refractivity contribution < 1.29 is 17.9 Å². The van der Waals surface area contributed by atoms with E-state index in [1.54, 1.807) is 13.8 Å². The Morgan fingerprint density at radius 1 is 1.19 bits per heavy atom. The van der Waals surface area contributed by atoms with E-state index in [1.165, 1.54) is 13.2 Å². The van der Waals surface area contributed by atoms with E-state index in [9.17, 15) is 13.2 Å². The van der Waals surface area contributed by atoms with E-state index in [0.717, 1.165) is 12.1 Å². The molecule has 0 bridgehead atoms. The Kier molecular flexibility index (Phi) is 3.19. The zero-order valence-corrected chi connectivity index (χ0v) is 9.35. The molecule has 2 nitrogen and oxygen atoms in total. The minimum absolute atomic E-state index is 0.338. The maximum absolute atomic E-state index is 12.5. The summed E-state index contributed by atoms with van der Waals surface area (Å²) in [5.41, 5.74) is 4.53. The highest BCUT2D eigenvalue weighted by Crippen LogP contribution is 2.35. The van der Waals surface area contributed by atoms with Crippen molar-refractivity contribution in [1.82, 2.24) is 0 Å². The number of hydrogen-bond donors (Lipinski definition) is 1. The number of nitrogens with two attached hydrogens (primary N) is 1. The van der Waals surface area contributed by atoms with Crippen molar-refractivity contribution in [3.05, 3.63) is 29.3 Å². The van der Waals surface area contributed by atoms with Gasteiger partial charge in [0.25, 0.3) is 0 Å². The third-order valence-corrected chi connectivity index (χ3v) is 2.22. The predicted octanol–water partition coefficient (Wildman–Crippen LogP) is 2.91. The monoisotopic (exact) mass is 233 g/mol. The van der Waals surface area contributed by atoms with Crippen LogP contribution in [0.2, 0.25) is 0 Å². The van der Waals surface area contributed by atoms with Crippen molar-refractivity contribution in [2.75, 3.05) is 7.11 Å². The van der Waals surface area contributed by atoms with Gasteiger partial charge in [-0.2, -0.15) is 13.2 Å². The van der Waals surface area contributed by atoms with Crippen molar-refractivity contribution in [3.8, 4) is 5.75 Å². The number of ether oxygens (including phenoxy) is 1. The van der Waals surface area contributed by atoms with Gasteiger partial charge in [0.1, 0.15) is 5.75 Å². The van der Waals surface area contributed by atoms with Crippen LogP contribution in [0.5, 0.6) is 5.75 Å². The maximum atomic E-state index is 12.5. The fraction of sp³-hybridized carbons (Fsp3) is 0.455. The highest BCUT2D eigenvalue weighted by molar-refractivity contribution is 5.42. The molecule has 0 spiro atoms. The average Bonchev–Trinajstić information content (AvgIpc) is 2.14. The van der Waals surface area contributed by atoms with Crippen molar-refractivity contribution in [1.29, 1.82) is 0 Å². The van der Waals surface area contributed by atoms with E-state index in [0.29, 0.717) is 11.3 Å². The highest BCUT2D eigenvalue weighted by atomic mass is 19.4. The third-order valence-electron chi connectivity index (χ3n) is 2.22. The predicted molar refractivity (Wildman–Crippen MR) is 55.2 cm³/mol. The number of benzene rings is 1. The molecule has 0 aliphatic rings. The Balaban J connectivity index is 3.34. The summed E-state index contributed by atoms with van der Waals surface area (Å²) in [5, 5.41) is 0. The van der Waals surface area contributed by atoms with Crippen LogP contribution in [0.25, 0.3) is 0 Å². The van der Waals surface area contributed by atoms with Crippen LogP contribution in [-0.2, 0) is 11.7 Å². The molecule has 0 radical (unpaired) electrons. The third kappa shape index (κ3) is 2.66. The first-order chi connectivity index (χ1) is 7.16. The molecule has 1 rings (SSSR count). The van der Waals surface area contributed by atoms with Crippen LogP contribution in [0.1, 0.15) is 25.0 Å². The fourth-order valence-corrected chi connectivity index (χ4v) is 1.39. The topological polar surface area (TPSA) is 35.2 Å². The summed E-state index contributed by atoms with van der Waals surface area (Å²) < 4.78 is 42.5.